The molecule has 2 nitrogen and oxygen atoms in total. The smallest absolute Gasteiger partial charge is 0.126 e. The Hall–Kier alpha value is -1.02. The summed E-state index contributed by atoms with van der Waals surface area (Å²) in [5.41, 5.74) is 2.24. The van der Waals surface area contributed by atoms with E-state index in [1.54, 1.807) is 0 Å². The van der Waals surface area contributed by atoms with E-state index in [1.165, 1.54) is 11.3 Å². The van der Waals surface area contributed by atoms with Crippen LogP contribution in [0.2, 0.25) is 0 Å². The number of hydrogen-bond acceptors (Lipinski definition) is 2. The molecule has 1 aliphatic rings. The van der Waals surface area contributed by atoms with Crippen LogP contribution in [0, 0.1) is 0 Å². The van der Waals surface area contributed by atoms with E-state index in [4.69, 9.17) is 4.74 Å². The molecule has 1 aromatic carbocycles. The highest BCUT2D eigenvalue weighted by Crippen LogP contribution is 2.36. The lowest BCUT2D eigenvalue weighted by Crippen LogP contribution is -2.37. The lowest BCUT2D eigenvalue weighted by Gasteiger charge is -2.37. The minimum atomic E-state index is -0.179. The number of para-hydroxylation sites is 1. The third-order valence-corrected chi connectivity index (χ3v) is 2.41. The van der Waals surface area contributed by atoms with Gasteiger partial charge in [-0.3, -0.25) is 0 Å². The van der Waals surface area contributed by atoms with E-state index in [-0.39, 0.29) is 11.8 Å². The third-order valence-electron chi connectivity index (χ3n) is 2.41. The first-order valence-electron chi connectivity index (χ1n) is 4.63. The van der Waals surface area contributed by atoms with Gasteiger partial charge in [-0.25, -0.2) is 0 Å². The standard InChI is InChI=1S/C11H15NO/c1-8-12-10-7-5-4-6-9(10)11(2,3)13-8/h4-8,12H,1-3H3. The number of benzene rings is 1. The first kappa shape index (κ1) is 8.57. The molecular weight excluding hydrogens is 162 g/mol. The molecule has 0 bridgehead atoms. The monoisotopic (exact) mass is 177 g/mol. The predicted molar refractivity (Wildman–Crippen MR) is 53.6 cm³/mol. The highest BCUT2D eigenvalue weighted by Gasteiger charge is 2.30. The maximum Gasteiger partial charge on any atom is 0.126 e. The fraction of sp³-hybridized carbons (Fsp3) is 0.455. The normalized spacial score (nSPS) is 24.7. The maximum atomic E-state index is 5.79. The lowest BCUT2D eigenvalue weighted by molar-refractivity contribution is -0.0633. The summed E-state index contributed by atoms with van der Waals surface area (Å²) in [6.07, 6.45) is 0.0879. The van der Waals surface area contributed by atoms with Gasteiger partial charge in [-0.05, 0) is 26.8 Å². The Morgan fingerprint density at radius 1 is 1.31 bits per heavy atom. The summed E-state index contributed by atoms with van der Waals surface area (Å²) in [4.78, 5) is 0. The predicted octanol–water partition coefficient (Wildman–Crippen LogP) is 2.71. The molecule has 1 heterocycles. The van der Waals surface area contributed by atoms with Crippen molar-refractivity contribution in [3.05, 3.63) is 29.8 Å². The van der Waals surface area contributed by atoms with Crippen LogP contribution in [0.15, 0.2) is 24.3 Å². The van der Waals surface area contributed by atoms with E-state index in [2.05, 4.69) is 31.3 Å². The van der Waals surface area contributed by atoms with Crippen LogP contribution in [0.3, 0.4) is 0 Å². The van der Waals surface area contributed by atoms with Gasteiger partial charge in [0.2, 0.25) is 0 Å². The topological polar surface area (TPSA) is 21.3 Å². The first-order chi connectivity index (χ1) is 6.09. The Balaban J connectivity index is 2.50. The molecule has 13 heavy (non-hydrogen) atoms. The molecule has 70 valence electrons. The summed E-state index contributed by atoms with van der Waals surface area (Å²) in [6.45, 7) is 6.23. The number of hydrogen-bond donors (Lipinski definition) is 1. The van der Waals surface area contributed by atoms with Gasteiger partial charge in [-0.2, -0.15) is 0 Å². The average molecular weight is 177 g/mol. The van der Waals surface area contributed by atoms with Crippen molar-refractivity contribution in [3.63, 3.8) is 0 Å². The van der Waals surface area contributed by atoms with Gasteiger partial charge in [-0.1, -0.05) is 18.2 Å². The van der Waals surface area contributed by atoms with E-state index in [1.807, 2.05) is 19.1 Å². The fourth-order valence-corrected chi connectivity index (χ4v) is 1.89. The van der Waals surface area contributed by atoms with Crippen LogP contribution in [0.5, 0.6) is 0 Å². The van der Waals surface area contributed by atoms with E-state index in [0.29, 0.717) is 0 Å². The van der Waals surface area contributed by atoms with Crippen molar-refractivity contribution in [2.24, 2.45) is 0 Å². The van der Waals surface area contributed by atoms with Crippen LogP contribution in [-0.2, 0) is 10.3 Å². The molecule has 0 saturated heterocycles. The zero-order chi connectivity index (χ0) is 9.47. The van der Waals surface area contributed by atoms with Crippen LogP contribution in [0.25, 0.3) is 0 Å². The van der Waals surface area contributed by atoms with Crippen molar-refractivity contribution in [1.29, 1.82) is 0 Å². The quantitative estimate of drug-likeness (QED) is 0.658. The van der Waals surface area contributed by atoms with Gasteiger partial charge in [-0.15, -0.1) is 0 Å². The van der Waals surface area contributed by atoms with Crippen LogP contribution in [0.1, 0.15) is 26.3 Å². The second-order valence-electron chi connectivity index (χ2n) is 3.96. The van der Waals surface area contributed by atoms with Crippen LogP contribution in [-0.4, -0.2) is 6.23 Å². The highest BCUT2D eigenvalue weighted by atomic mass is 16.5. The Kier molecular flexibility index (Phi) is 1.81. The zero-order valence-corrected chi connectivity index (χ0v) is 8.29. The van der Waals surface area contributed by atoms with E-state index >= 15 is 0 Å². The molecule has 0 radical (unpaired) electrons. The van der Waals surface area contributed by atoms with Gasteiger partial charge < -0.3 is 10.1 Å². The van der Waals surface area contributed by atoms with Crippen LogP contribution >= 0.6 is 0 Å². The SMILES string of the molecule is CC1Nc2ccccc2C(C)(C)O1. The average Bonchev–Trinajstić information content (AvgIpc) is 2.02. The van der Waals surface area contributed by atoms with Crippen LogP contribution < -0.4 is 5.32 Å². The van der Waals surface area contributed by atoms with Crippen molar-refractivity contribution in [1.82, 2.24) is 0 Å². The Labute approximate surface area is 78.9 Å². The van der Waals surface area contributed by atoms with Crippen molar-refractivity contribution in [3.8, 4) is 0 Å². The minimum Gasteiger partial charge on any atom is -0.360 e. The highest BCUT2D eigenvalue weighted by molar-refractivity contribution is 5.55. The Bertz CT molecular complexity index is 320. The summed E-state index contributed by atoms with van der Waals surface area (Å²) in [5.74, 6) is 0. The van der Waals surface area contributed by atoms with Crippen molar-refractivity contribution >= 4 is 5.69 Å². The second-order valence-corrected chi connectivity index (χ2v) is 3.96. The largest absolute Gasteiger partial charge is 0.360 e. The maximum absolute atomic E-state index is 5.79. The molecule has 1 N–H and O–H groups in total. The number of rotatable bonds is 0. The van der Waals surface area contributed by atoms with Gasteiger partial charge in [0.25, 0.3) is 0 Å². The molecule has 2 heteroatoms. The molecule has 0 fully saturated rings. The molecular formula is C11H15NO. The van der Waals surface area contributed by atoms with E-state index < -0.39 is 0 Å². The Morgan fingerprint density at radius 2 is 2.00 bits per heavy atom. The first-order valence-corrected chi connectivity index (χ1v) is 4.63. The summed E-state index contributed by atoms with van der Waals surface area (Å²) in [7, 11) is 0. The molecule has 0 aliphatic carbocycles. The summed E-state index contributed by atoms with van der Waals surface area (Å²) >= 11 is 0. The van der Waals surface area contributed by atoms with Gasteiger partial charge in [0.05, 0.1) is 5.60 Å². The van der Waals surface area contributed by atoms with Crippen molar-refractivity contribution in [2.75, 3.05) is 5.32 Å². The molecule has 2 rings (SSSR count). The molecule has 0 saturated carbocycles. The van der Waals surface area contributed by atoms with Gasteiger partial charge in [0.15, 0.2) is 0 Å². The number of ether oxygens (including phenoxy) is 1. The summed E-state index contributed by atoms with van der Waals surface area (Å²) in [5, 5.41) is 3.29. The van der Waals surface area contributed by atoms with Gasteiger partial charge in [0.1, 0.15) is 6.23 Å². The Morgan fingerprint density at radius 3 is 2.77 bits per heavy atom. The number of nitrogens with one attached hydrogen (secondary N) is 1. The lowest BCUT2D eigenvalue weighted by atomic mass is 9.94. The summed E-state index contributed by atoms with van der Waals surface area (Å²) < 4.78 is 5.79. The number of anilines is 1. The zero-order valence-electron chi connectivity index (χ0n) is 8.29. The molecule has 1 aliphatic heterocycles. The van der Waals surface area contributed by atoms with Gasteiger partial charge in [0, 0.05) is 11.3 Å². The minimum absolute atomic E-state index is 0.0879. The second kappa shape index (κ2) is 2.74. The molecule has 1 aromatic rings. The fourth-order valence-electron chi connectivity index (χ4n) is 1.89. The van der Waals surface area contributed by atoms with Gasteiger partial charge >= 0.3 is 0 Å². The van der Waals surface area contributed by atoms with Crippen molar-refractivity contribution < 1.29 is 4.74 Å². The molecule has 1 atom stereocenters. The van der Waals surface area contributed by atoms with E-state index in [0.717, 1.165) is 0 Å². The molecule has 1 unspecified atom stereocenters. The molecule has 0 aromatic heterocycles. The molecule has 0 spiro atoms. The molecule has 0 amide bonds. The summed E-state index contributed by atoms with van der Waals surface area (Å²) in [6, 6.07) is 8.28. The third kappa shape index (κ3) is 1.42. The number of fused-ring (bicyclic) bond motifs is 1. The van der Waals surface area contributed by atoms with Crippen molar-refractivity contribution in [2.45, 2.75) is 32.6 Å². The van der Waals surface area contributed by atoms with E-state index in [9.17, 15) is 0 Å². The van der Waals surface area contributed by atoms with Crippen LogP contribution in [0.4, 0.5) is 5.69 Å².